The van der Waals surface area contributed by atoms with E-state index in [4.69, 9.17) is 5.26 Å². The minimum Gasteiger partial charge on any atom is -0.504 e. The molecule has 0 aromatic heterocycles. The predicted octanol–water partition coefficient (Wildman–Crippen LogP) is 1.22. The second-order valence-electron chi connectivity index (χ2n) is 2.49. The summed E-state index contributed by atoms with van der Waals surface area (Å²) in [6.07, 6.45) is 0. The lowest BCUT2D eigenvalue weighted by atomic mass is 10.2. The number of carbonyl (C=O) groups is 1. The number of hydrogen-bond donors (Lipinski definition) is 2. The Morgan fingerprint density at radius 2 is 2.31 bits per heavy atom. The van der Waals surface area contributed by atoms with Crippen molar-refractivity contribution >= 4 is 11.6 Å². The van der Waals surface area contributed by atoms with Crippen molar-refractivity contribution in [1.82, 2.24) is 0 Å². The standard InChI is InChI=1S/C9H8N2O2/c1-6(12)11-8-4-2-3-7(5-10)9(8)13/h2-4,13H,1H3,(H,11,12). The number of nitrogens with zero attached hydrogens (tertiary/aromatic N) is 1. The zero-order valence-electron chi connectivity index (χ0n) is 7.03. The first-order valence-corrected chi connectivity index (χ1v) is 3.65. The fraction of sp³-hybridized carbons (Fsp3) is 0.111. The van der Waals surface area contributed by atoms with E-state index in [-0.39, 0.29) is 22.9 Å². The lowest BCUT2D eigenvalue weighted by Crippen LogP contribution is -2.05. The molecular formula is C9H8N2O2. The van der Waals surface area contributed by atoms with Crippen molar-refractivity contribution in [3.8, 4) is 11.8 Å². The first-order chi connectivity index (χ1) is 6.15. The SMILES string of the molecule is CC(=O)Nc1cccc(C#N)c1O. The molecule has 13 heavy (non-hydrogen) atoms. The fourth-order valence-electron chi connectivity index (χ4n) is 0.924. The molecule has 0 unspecified atom stereocenters. The van der Waals surface area contributed by atoms with Gasteiger partial charge >= 0.3 is 0 Å². The van der Waals surface area contributed by atoms with Gasteiger partial charge in [0.15, 0.2) is 5.75 Å². The summed E-state index contributed by atoms with van der Waals surface area (Å²) in [6, 6.07) is 6.39. The van der Waals surface area contributed by atoms with Crippen LogP contribution in [0, 0.1) is 11.3 Å². The van der Waals surface area contributed by atoms with Crippen LogP contribution in [-0.4, -0.2) is 11.0 Å². The first kappa shape index (κ1) is 9.07. The quantitative estimate of drug-likeness (QED) is 0.632. The van der Waals surface area contributed by atoms with E-state index in [1.54, 1.807) is 6.07 Å². The molecule has 0 radical (unpaired) electrons. The number of benzene rings is 1. The minimum atomic E-state index is -0.287. The molecule has 0 spiro atoms. The summed E-state index contributed by atoms with van der Waals surface area (Å²) in [5.74, 6) is -0.481. The van der Waals surface area contributed by atoms with Gasteiger partial charge < -0.3 is 10.4 Å². The Kier molecular flexibility index (Phi) is 2.50. The van der Waals surface area contributed by atoms with E-state index in [9.17, 15) is 9.90 Å². The van der Waals surface area contributed by atoms with Gasteiger partial charge in [0.2, 0.25) is 5.91 Å². The molecule has 0 atom stereocenters. The van der Waals surface area contributed by atoms with Crippen molar-refractivity contribution in [2.75, 3.05) is 5.32 Å². The van der Waals surface area contributed by atoms with Gasteiger partial charge in [0, 0.05) is 6.92 Å². The molecule has 0 saturated carbocycles. The number of nitrogens with one attached hydrogen (secondary N) is 1. The van der Waals surface area contributed by atoms with E-state index < -0.39 is 0 Å². The van der Waals surface area contributed by atoms with Crippen molar-refractivity contribution in [1.29, 1.82) is 5.26 Å². The molecule has 66 valence electrons. The third-order valence-corrected chi connectivity index (χ3v) is 1.47. The molecule has 4 nitrogen and oxygen atoms in total. The summed E-state index contributed by atoms with van der Waals surface area (Å²) in [7, 11) is 0. The molecule has 1 aromatic rings. The maximum absolute atomic E-state index is 10.7. The Bertz CT molecular complexity index is 380. The van der Waals surface area contributed by atoms with Gasteiger partial charge in [-0.25, -0.2) is 0 Å². The number of phenols is 1. The lowest BCUT2D eigenvalue weighted by Gasteiger charge is -2.04. The number of rotatable bonds is 1. The number of phenolic OH excluding ortho intramolecular Hbond substituents is 1. The van der Waals surface area contributed by atoms with Crippen LogP contribution in [0.2, 0.25) is 0 Å². The summed E-state index contributed by atoms with van der Waals surface area (Å²) < 4.78 is 0. The summed E-state index contributed by atoms with van der Waals surface area (Å²) in [5, 5.41) is 20.4. The van der Waals surface area contributed by atoms with Crippen molar-refractivity contribution in [3.05, 3.63) is 23.8 Å². The Labute approximate surface area is 75.4 Å². The predicted molar refractivity (Wildman–Crippen MR) is 47.1 cm³/mol. The Morgan fingerprint density at radius 3 is 2.85 bits per heavy atom. The van der Waals surface area contributed by atoms with Crippen LogP contribution in [0.4, 0.5) is 5.69 Å². The number of para-hydroxylation sites is 1. The molecule has 0 fully saturated rings. The molecule has 0 heterocycles. The number of nitriles is 1. The Hall–Kier alpha value is -2.02. The van der Waals surface area contributed by atoms with Crippen LogP contribution in [-0.2, 0) is 4.79 Å². The van der Waals surface area contributed by atoms with Crippen LogP contribution in [0.5, 0.6) is 5.75 Å². The molecular weight excluding hydrogens is 168 g/mol. The van der Waals surface area contributed by atoms with Crippen LogP contribution >= 0.6 is 0 Å². The highest BCUT2D eigenvalue weighted by molar-refractivity contribution is 5.90. The van der Waals surface area contributed by atoms with E-state index in [0.717, 1.165) is 0 Å². The maximum Gasteiger partial charge on any atom is 0.221 e. The summed E-state index contributed by atoms with van der Waals surface area (Å²) >= 11 is 0. The van der Waals surface area contributed by atoms with Gasteiger partial charge in [0.1, 0.15) is 6.07 Å². The normalized spacial score (nSPS) is 8.92. The first-order valence-electron chi connectivity index (χ1n) is 3.65. The van der Waals surface area contributed by atoms with Gasteiger partial charge in [-0.3, -0.25) is 4.79 Å². The van der Waals surface area contributed by atoms with Crippen molar-refractivity contribution in [3.63, 3.8) is 0 Å². The highest BCUT2D eigenvalue weighted by Gasteiger charge is 2.06. The molecule has 0 bridgehead atoms. The van der Waals surface area contributed by atoms with Crippen LogP contribution in [0.15, 0.2) is 18.2 Å². The Balaban J connectivity index is 3.10. The summed E-state index contributed by atoms with van der Waals surface area (Å²) in [4.78, 5) is 10.7. The molecule has 0 aliphatic carbocycles. The molecule has 1 aromatic carbocycles. The number of aromatic hydroxyl groups is 1. The average molecular weight is 176 g/mol. The fourth-order valence-corrected chi connectivity index (χ4v) is 0.924. The van der Waals surface area contributed by atoms with Gasteiger partial charge in [-0.1, -0.05) is 6.07 Å². The number of amides is 1. The molecule has 0 aliphatic heterocycles. The molecule has 4 heteroatoms. The van der Waals surface area contributed by atoms with E-state index in [1.807, 2.05) is 6.07 Å². The van der Waals surface area contributed by atoms with Crippen LogP contribution in [0.25, 0.3) is 0 Å². The average Bonchev–Trinajstić information content (AvgIpc) is 2.08. The maximum atomic E-state index is 10.7. The number of anilines is 1. The highest BCUT2D eigenvalue weighted by atomic mass is 16.3. The van der Waals surface area contributed by atoms with Crippen LogP contribution in [0.3, 0.4) is 0 Å². The van der Waals surface area contributed by atoms with Crippen LogP contribution in [0.1, 0.15) is 12.5 Å². The van der Waals surface area contributed by atoms with E-state index in [1.165, 1.54) is 19.1 Å². The molecule has 2 N–H and O–H groups in total. The second kappa shape index (κ2) is 3.59. The molecule has 1 amide bonds. The van der Waals surface area contributed by atoms with Crippen LogP contribution < -0.4 is 5.32 Å². The van der Waals surface area contributed by atoms with E-state index in [0.29, 0.717) is 0 Å². The van der Waals surface area contributed by atoms with Crippen molar-refractivity contribution < 1.29 is 9.90 Å². The largest absolute Gasteiger partial charge is 0.504 e. The second-order valence-corrected chi connectivity index (χ2v) is 2.49. The van der Waals surface area contributed by atoms with Gasteiger partial charge in [0.05, 0.1) is 11.3 Å². The molecule has 1 rings (SSSR count). The van der Waals surface area contributed by atoms with E-state index in [2.05, 4.69) is 5.32 Å². The Morgan fingerprint density at radius 1 is 1.62 bits per heavy atom. The zero-order valence-corrected chi connectivity index (χ0v) is 7.03. The van der Waals surface area contributed by atoms with Gasteiger partial charge in [-0.2, -0.15) is 5.26 Å². The monoisotopic (exact) mass is 176 g/mol. The third-order valence-electron chi connectivity index (χ3n) is 1.47. The summed E-state index contributed by atoms with van der Waals surface area (Å²) in [5.41, 5.74) is 0.401. The lowest BCUT2D eigenvalue weighted by molar-refractivity contribution is -0.114. The van der Waals surface area contributed by atoms with E-state index >= 15 is 0 Å². The minimum absolute atomic E-state index is 0.145. The van der Waals surface area contributed by atoms with Gasteiger partial charge in [0.25, 0.3) is 0 Å². The molecule has 0 aliphatic rings. The summed E-state index contributed by atoms with van der Waals surface area (Å²) in [6.45, 7) is 1.33. The van der Waals surface area contributed by atoms with Crippen molar-refractivity contribution in [2.24, 2.45) is 0 Å². The third kappa shape index (κ3) is 1.97. The highest BCUT2D eigenvalue weighted by Crippen LogP contribution is 2.26. The molecule has 0 saturated heterocycles. The number of carbonyl (C=O) groups excluding carboxylic acids is 1. The van der Waals surface area contributed by atoms with Crippen molar-refractivity contribution in [2.45, 2.75) is 6.92 Å². The van der Waals surface area contributed by atoms with Gasteiger partial charge in [-0.05, 0) is 12.1 Å². The zero-order chi connectivity index (χ0) is 9.84. The number of hydrogen-bond acceptors (Lipinski definition) is 3. The smallest absolute Gasteiger partial charge is 0.221 e. The van der Waals surface area contributed by atoms with Gasteiger partial charge in [-0.15, -0.1) is 0 Å². The topological polar surface area (TPSA) is 73.1 Å².